The molecule has 0 fully saturated rings. The van der Waals surface area contributed by atoms with Gasteiger partial charge in [-0.15, -0.1) is 0 Å². The fraction of sp³-hybridized carbons (Fsp3) is 0.529. The van der Waals surface area contributed by atoms with Gasteiger partial charge in [-0.05, 0) is 31.8 Å². The lowest BCUT2D eigenvalue weighted by atomic mass is 9.78. The summed E-state index contributed by atoms with van der Waals surface area (Å²) in [4.78, 5) is 47.7. The first kappa shape index (κ1) is 17.9. The monoisotopic (exact) mass is 334 g/mol. The average molecular weight is 334 g/mol. The lowest BCUT2D eigenvalue weighted by molar-refractivity contribution is -0.144. The van der Waals surface area contributed by atoms with Crippen LogP contribution < -0.4 is 5.32 Å². The molecule has 0 saturated heterocycles. The number of hydrogen-bond acceptors (Lipinski definition) is 5. The van der Waals surface area contributed by atoms with Crippen LogP contribution in [0.25, 0.3) is 0 Å². The van der Waals surface area contributed by atoms with E-state index in [4.69, 9.17) is 4.74 Å². The highest BCUT2D eigenvalue weighted by Crippen LogP contribution is 2.33. The van der Waals surface area contributed by atoms with Gasteiger partial charge in [0.2, 0.25) is 5.91 Å². The molecule has 0 aromatic carbocycles. The van der Waals surface area contributed by atoms with E-state index in [0.29, 0.717) is 25.7 Å². The van der Waals surface area contributed by atoms with Crippen molar-refractivity contribution in [2.75, 3.05) is 6.67 Å². The third kappa shape index (κ3) is 4.31. The van der Waals surface area contributed by atoms with Crippen LogP contribution in [0.15, 0.2) is 24.3 Å². The summed E-state index contributed by atoms with van der Waals surface area (Å²) in [7, 11) is 0. The Labute approximate surface area is 140 Å². The van der Waals surface area contributed by atoms with Gasteiger partial charge in [-0.25, -0.2) is 0 Å². The molecule has 0 unspecified atom stereocenters. The molecule has 3 amide bonds. The molecule has 1 aliphatic heterocycles. The number of rotatable bonds is 4. The van der Waals surface area contributed by atoms with E-state index in [1.807, 2.05) is 19.1 Å². The summed E-state index contributed by atoms with van der Waals surface area (Å²) in [6, 6.07) is 0. The van der Waals surface area contributed by atoms with Crippen molar-refractivity contribution >= 4 is 23.7 Å². The molecule has 1 N–H and O–H groups in total. The Hall–Kier alpha value is -2.44. The molecule has 1 aliphatic carbocycles. The summed E-state index contributed by atoms with van der Waals surface area (Å²) < 4.78 is 5.21. The Kier molecular flexibility index (Phi) is 5.54. The van der Waals surface area contributed by atoms with E-state index in [9.17, 15) is 19.2 Å². The fourth-order valence-corrected chi connectivity index (χ4v) is 2.82. The highest BCUT2D eigenvalue weighted by atomic mass is 16.5. The van der Waals surface area contributed by atoms with E-state index in [0.717, 1.165) is 4.90 Å². The first-order valence-electron chi connectivity index (χ1n) is 7.97. The van der Waals surface area contributed by atoms with Crippen LogP contribution in [0.4, 0.5) is 0 Å². The number of esters is 1. The fourth-order valence-electron chi connectivity index (χ4n) is 2.82. The van der Waals surface area contributed by atoms with E-state index in [-0.39, 0.29) is 24.6 Å². The van der Waals surface area contributed by atoms with Crippen molar-refractivity contribution in [2.45, 2.75) is 45.6 Å². The van der Waals surface area contributed by atoms with Crippen molar-refractivity contribution < 1.29 is 23.9 Å². The first-order valence-corrected chi connectivity index (χ1v) is 7.97. The van der Waals surface area contributed by atoms with Crippen LogP contribution in [0.5, 0.6) is 0 Å². The number of amides is 3. The molecule has 24 heavy (non-hydrogen) atoms. The van der Waals surface area contributed by atoms with Crippen LogP contribution in [0, 0.1) is 5.41 Å². The molecular formula is C17H22N2O5. The Balaban J connectivity index is 1.94. The Bertz CT molecular complexity index is 592. The van der Waals surface area contributed by atoms with Gasteiger partial charge >= 0.3 is 5.97 Å². The molecule has 2 aliphatic rings. The second-order valence-electron chi connectivity index (χ2n) is 6.32. The Morgan fingerprint density at radius 1 is 1.29 bits per heavy atom. The van der Waals surface area contributed by atoms with Gasteiger partial charge in [0.05, 0.1) is 0 Å². The summed E-state index contributed by atoms with van der Waals surface area (Å²) in [5, 5.41) is 2.67. The molecule has 2 atom stereocenters. The zero-order chi connectivity index (χ0) is 17.7. The van der Waals surface area contributed by atoms with Crippen molar-refractivity contribution in [3.05, 3.63) is 24.3 Å². The normalized spacial score (nSPS) is 28.2. The van der Waals surface area contributed by atoms with Crippen LogP contribution in [-0.4, -0.2) is 41.4 Å². The van der Waals surface area contributed by atoms with Gasteiger partial charge in [0, 0.05) is 24.5 Å². The molecule has 7 heteroatoms. The zero-order valence-electron chi connectivity index (χ0n) is 13.9. The van der Waals surface area contributed by atoms with E-state index in [2.05, 4.69) is 5.32 Å². The van der Waals surface area contributed by atoms with Crippen LogP contribution in [0.2, 0.25) is 0 Å². The average Bonchev–Trinajstić information content (AvgIpc) is 2.83. The predicted molar refractivity (Wildman–Crippen MR) is 85.3 cm³/mol. The molecule has 2 rings (SSSR count). The van der Waals surface area contributed by atoms with Gasteiger partial charge < -0.3 is 10.1 Å². The van der Waals surface area contributed by atoms with E-state index in [1.165, 1.54) is 19.1 Å². The quantitative estimate of drug-likeness (QED) is 0.471. The molecule has 0 aromatic heterocycles. The number of ether oxygens (including phenoxy) is 1. The number of hydrogen-bond donors (Lipinski definition) is 1. The minimum Gasteiger partial charge on any atom is -0.458 e. The number of imide groups is 1. The summed E-state index contributed by atoms with van der Waals surface area (Å²) in [5.41, 5.74) is -0.650. The van der Waals surface area contributed by atoms with Gasteiger partial charge in [-0.1, -0.05) is 13.0 Å². The smallest absolute Gasteiger partial charge is 0.303 e. The van der Waals surface area contributed by atoms with E-state index in [1.54, 1.807) is 0 Å². The first-order chi connectivity index (χ1) is 11.3. The highest BCUT2D eigenvalue weighted by molar-refractivity contribution is 6.13. The zero-order valence-corrected chi connectivity index (χ0v) is 13.9. The van der Waals surface area contributed by atoms with Gasteiger partial charge in [0.15, 0.2) is 0 Å². The van der Waals surface area contributed by atoms with Crippen LogP contribution in [0.3, 0.4) is 0 Å². The third-order valence-electron chi connectivity index (χ3n) is 4.36. The van der Waals surface area contributed by atoms with Gasteiger partial charge in [0.1, 0.15) is 12.8 Å². The maximum Gasteiger partial charge on any atom is 0.303 e. The lowest BCUT2D eigenvalue weighted by Crippen LogP contribution is -2.46. The molecular weight excluding hydrogens is 312 g/mol. The second-order valence-corrected chi connectivity index (χ2v) is 6.32. The maximum absolute atomic E-state index is 12.6. The van der Waals surface area contributed by atoms with Crippen LogP contribution >= 0.6 is 0 Å². The molecule has 0 radical (unpaired) electrons. The SMILES string of the molecule is CC(=O)O[C@H]1/C=C/CC[C@@](C)(C(=O)NCN2C(=O)C=CC2=O)CC1. The van der Waals surface area contributed by atoms with Gasteiger partial charge in [-0.2, -0.15) is 0 Å². The third-order valence-corrected chi connectivity index (χ3v) is 4.36. The Morgan fingerprint density at radius 3 is 2.58 bits per heavy atom. The maximum atomic E-state index is 12.6. The minimum atomic E-state index is -0.650. The number of carbonyl (C=O) groups is 4. The summed E-state index contributed by atoms with van der Waals surface area (Å²) in [6.07, 6.45) is 8.21. The van der Waals surface area contributed by atoms with E-state index >= 15 is 0 Å². The molecule has 7 nitrogen and oxygen atoms in total. The number of nitrogens with zero attached hydrogens (tertiary/aromatic N) is 1. The summed E-state index contributed by atoms with van der Waals surface area (Å²) in [5.74, 6) is -1.43. The van der Waals surface area contributed by atoms with Crippen molar-refractivity contribution in [2.24, 2.45) is 5.41 Å². The summed E-state index contributed by atoms with van der Waals surface area (Å²) in [6.45, 7) is 3.07. The molecule has 1 heterocycles. The number of carbonyl (C=O) groups excluding carboxylic acids is 4. The topological polar surface area (TPSA) is 92.8 Å². The molecule has 0 saturated carbocycles. The number of allylic oxidation sites excluding steroid dienone is 1. The standard InChI is InChI=1S/C17H22N2O5/c1-12(20)24-13-5-3-4-9-17(2,10-8-13)16(23)18-11-19-14(21)6-7-15(19)22/h3,5-7,13H,4,8-11H2,1-2H3,(H,18,23)/b5-3+/t13-,17+/m0/s1. The van der Waals surface area contributed by atoms with Gasteiger partial charge in [-0.3, -0.25) is 24.1 Å². The van der Waals surface area contributed by atoms with Crippen molar-refractivity contribution in [1.82, 2.24) is 10.2 Å². The largest absolute Gasteiger partial charge is 0.458 e. The molecule has 0 spiro atoms. The minimum absolute atomic E-state index is 0.137. The number of nitrogens with one attached hydrogen (secondary N) is 1. The predicted octanol–water partition coefficient (Wildman–Crippen LogP) is 1.05. The van der Waals surface area contributed by atoms with Crippen molar-refractivity contribution in [3.63, 3.8) is 0 Å². The highest BCUT2D eigenvalue weighted by Gasteiger charge is 2.35. The van der Waals surface area contributed by atoms with Gasteiger partial charge in [0.25, 0.3) is 11.8 Å². The van der Waals surface area contributed by atoms with Crippen molar-refractivity contribution in [1.29, 1.82) is 0 Å². The second kappa shape index (κ2) is 7.42. The summed E-state index contributed by atoms with van der Waals surface area (Å²) >= 11 is 0. The molecule has 0 bridgehead atoms. The van der Waals surface area contributed by atoms with Crippen LogP contribution in [0.1, 0.15) is 39.5 Å². The molecule has 130 valence electrons. The van der Waals surface area contributed by atoms with Crippen LogP contribution in [-0.2, 0) is 23.9 Å². The molecule has 0 aromatic rings. The Morgan fingerprint density at radius 2 is 1.96 bits per heavy atom. The lowest BCUT2D eigenvalue weighted by Gasteiger charge is -2.31. The van der Waals surface area contributed by atoms with E-state index < -0.39 is 17.2 Å². The van der Waals surface area contributed by atoms with Crippen molar-refractivity contribution in [3.8, 4) is 0 Å².